The zero-order valence-electron chi connectivity index (χ0n) is 24.2. The zero-order chi connectivity index (χ0) is 30.4. The molecule has 0 bridgehead atoms. The topological polar surface area (TPSA) is 83.8 Å². The van der Waals surface area contributed by atoms with Crippen molar-refractivity contribution in [3.05, 3.63) is 41.5 Å². The second kappa shape index (κ2) is 9.60. The third kappa shape index (κ3) is 3.86. The number of likely N-dealkylation sites (N-methyl/N-ethyl adjacent to an activating group) is 1. The summed E-state index contributed by atoms with van der Waals surface area (Å²) in [5, 5.41) is 11.5. The van der Waals surface area contributed by atoms with E-state index in [1.54, 1.807) is 0 Å². The second-order valence-corrected chi connectivity index (χ2v) is 12.6. The summed E-state index contributed by atoms with van der Waals surface area (Å²) in [4.78, 5) is 18.1. The Bertz CT molecular complexity index is 1910. The van der Waals surface area contributed by atoms with Gasteiger partial charge in [-0.2, -0.15) is 9.97 Å². The first kappa shape index (κ1) is 27.3. The number of rotatable bonds is 4. The third-order valence-corrected chi connectivity index (χ3v) is 10.2. The predicted octanol–water partition coefficient (Wildman–Crippen LogP) is 5.52. The van der Waals surface area contributed by atoms with Crippen LogP contribution in [0.1, 0.15) is 44.1 Å². The van der Waals surface area contributed by atoms with Gasteiger partial charge < -0.3 is 19.5 Å². The number of ether oxygens (including phenoxy) is 2. The lowest BCUT2D eigenvalue weighted by atomic mass is 9.76. The van der Waals surface area contributed by atoms with Crippen LogP contribution in [0.5, 0.6) is 17.6 Å². The van der Waals surface area contributed by atoms with Gasteiger partial charge in [-0.05, 0) is 62.2 Å². The number of hydrogen-bond donors (Lipinski definition) is 1. The van der Waals surface area contributed by atoms with E-state index in [2.05, 4.69) is 20.8 Å². The highest BCUT2D eigenvalue weighted by atomic mass is 19.1. The first-order valence-corrected chi connectivity index (χ1v) is 14.9. The molecule has 5 heterocycles. The van der Waals surface area contributed by atoms with Crippen molar-refractivity contribution >= 4 is 27.5 Å². The molecule has 1 aliphatic carbocycles. The van der Waals surface area contributed by atoms with Gasteiger partial charge >= 0.3 is 6.01 Å². The van der Waals surface area contributed by atoms with E-state index >= 15 is 4.39 Å². The van der Waals surface area contributed by atoms with Gasteiger partial charge in [-0.25, -0.2) is 18.2 Å². The van der Waals surface area contributed by atoms with Gasteiger partial charge in [0, 0.05) is 31.0 Å². The molecular weight excluding hydrogens is 571 g/mol. The summed E-state index contributed by atoms with van der Waals surface area (Å²) in [6.45, 7) is 1.66. The minimum Gasteiger partial charge on any atom is -0.508 e. The van der Waals surface area contributed by atoms with Crippen LogP contribution < -0.4 is 14.4 Å². The summed E-state index contributed by atoms with van der Waals surface area (Å²) in [5.41, 5.74) is -1.06. The lowest BCUT2D eigenvalue weighted by Crippen LogP contribution is -2.56. The van der Waals surface area contributed by atoms with E-state index in [1.807, 2.05) is 11.9 Å². The maximum Gasteiger partial charge on any atom is 0.319 e. The van der Waals surface area contributed by atoms with Crippen molar-refractivity contribution in [3.8, 4) is 41.2 Å². The average Bonchev–Trinajstić information content (AvgIpc) is 3.47. The molecule has 1 N–H and O–H groups in total. The molecule has 0 unspecified atom stereocenters. The standard InChI is InChI=1S/C33H30F3N5O3/c1-3-21-23(35)7-6-18-12-20(42)13-22(24(18)21)27-26(36)28-25-29(40(2)32(8-4-9-32)16-43-30(25)37-27)39-31(38-28)44-17-33-10-5-11-41(33)15-19(34)14-33/h1,6-7,12-13,19,42H,4-5,8-11,14-17H2,2H3/t19-,33+/m1/s1. The predicted molar refractivity (Wildman–Crippen MR) is 159 cm³/mol. The van der Waals surface area contributed by atoms with Gasteiger partial charge in [0.05, 0.1) is 16.6 Å². The van der Waals surface area contributed by atoms with Crippen molar-refractivity contribution in [2.24, 2.45) is 0 Å². The van der Waals surface area contributed by atoms with Crippen LogP contribution in [0.2, 0.25) is 0 Å². The third-order valence-electron chi connectivity index (χ3n) is 10.2. The van der Waals surface area contributed by atoms with Crippen LogP contribution in [0.4, 0.5) is 19.0 Å². The Morgan fingerprint density at radius 2 is 1.98 bits per heavy atom. The van der Waals surface area contributed by atoms with Gasteiger partial charge in [-0.15, -0.1) is 6.42 Å². The number of benzene rings is 2. The highest BCUT2D eigenvalue weighted by Gasteiger charge is 2.50. The number of anilines is 1. The minimum absolute atomic E-state index is 0.0302. The van der Waals surface area contributed by atoms with Gasteiger partial charge in [-0.3, -0.25) is 4.90 Å². The van der Waals surface area contributed by atoms with Crippen LogP contribution in [0.15, 0.2) is 24.3 Å². The average molecular weight is 602 g/mol. The zero-order valence-corrected chi connectivity index (χ0v) is 24.2. The molecule has 8 rings (SSSR count). The van der Waals surface area contributed by atoms with Crippen LogP contribution in [0.25, 0.3) is 32.9 Å². The summed E-state index contributed by atoms with van der Waals surface area (Å²) in [7, 11) is 1.90. The molecule has 0 radical (unpaired) electrons. The highest BCUT2D eigenvalue weighted by Crippen LogP contribution is 2.48. The summed E-state index contributed by atoms with van der Waals surface area (Å²) >= 11 is 0. The van der Waals surface area contributed by atoms with Crippen molar-refractivity contribution in [2.75, 3.05) is 38.3 Å². The number of hydrogen-bond acceptors (Lipinski definition) is 8. The molecule has 11 heteroatoms. The monoisotopic (exact) mass is 601 g/mol. The van der Waals surface area contributed by atoms with Gasteiger partial charge in [0.1, 0.15) is 53.4 Å². The molecule has 2 aromatic carbocycles. The van der Waals surface area contributed by atoms with Crippen molar-refractivity contribution in [3.63, 3.8) is 0 Å². The van der Waals surface area contributed by atoms with Crippen LogP contribution in [-0.4, -0.2) is 75.6 Å². The number of terminal acetylenes is 1. The number of fused-ring (bicyclic) bond motifs is 2. The Morgan fingerprint density at radius 1 is 1.14 bits per heavy atom. The lowest BCUT2D eigenvalue weighted by Gasteiger charge is -2.47. The number of aromatic nitrogens is 3. The highest BCUT2D eigenvalue weighted by molar-refractivity contribution is 6.04. The van der Waals surface area contributed by atoms with Crippen molar-refractivity contribution in [1.29, 1.82) is 0 Å². The van der Waals surface area contributed by atoms with E-state index in [9.17, 15) is 13.9 Å². The minimum atomic E-state index is -0.925. The van der Waals surface area contributed by atoms with Crippen LogP contribution in [-0.2, 0) is 0 Å². The fourth-order valence-corrected chi connectivity index (χ4v) is 7.68. The fraction of sp³-hybridized carbons (Fsp3) is 0.424. The van der Waals surface area contributed by atoms with Crippen LogP contribution in [0.3, 0.4) is 0 Å². The van der Waals surface area contributed by atoms with E-state index < -0.39 is 23.3 Å². The molecular formula is C33H30F3N5O3. The van der Waals surface area contributed by atoms with E-state index in [0.717, 1.165) is 38.6 Å². The Hall–Kier alpha value is -4.30. The number of pyridine rings is 1. The van der Waals surface area contributed by atoms with Gasteiger partial charge in [0.2, 0.25) is 5.88 Å². The molecule has 1 saturated carbocycles. The van der Waals surface area contributed by atoms with Crippen LogP contribution in [0, 0.1) is 24.0 Å². The van der Waals surface area contributed by atoms with Crippen LogP contribution >= 0.6 is 0 Å². The lowest BCUT2D eigenvalue weighted by molar-refractivity contribution is 0.107. The molecule has 4 aromatic rings. The molecule has 44 heavy (non-hydrogen) atoms. The number of nitrogens with zero attached hydrogens (tertiary/aromatic N) is 5. The molecule has 3 aliphatic heterocycles. The Labute approximate surface area is 251 Å². The number of alkyl halides is 1. The van der Waals surface area contributed by atoms with Crippen molar-refractivity contribution in [1.82, 2.24) is 19.9 Å². The summed E-state index contributed by atoms with van der Waals surface area (Å²) in [6, 6.07) is 5.39. The summed E-state index contributed by atoms with van der Waals surface area (Å²) < 4.78 is 58.6. The molecule has 3 fully saturated rings. The van der Waals surface area contributed by atoms with Crippen molar-refractivity contribution in [2.45, 2.75) is 55.8 Å². The Kier molecular flexibility index (Phi) is 5.95. The molecule has 8 nitrogen and oxygen atoms in total. The van der Waals surface area contributed by atoms with E-state index in [1.165, 1.54) is 24.3 Å². The van der Waals surface area contributed by atoms with Crippen molar-refractivity contribution < 1.29 is 27.8 Å². The summed E-state index contributed by atoms with van der Waals surface area (Å²) in [5.74, 6) is 1.29. The fourth-order valence-electron chi connectivity index (χ4n) is 7.68. The first-order valence-electron chi connectivity index (χ1n) is 14.9. The summed E-state index contributed by atoms with van der Waals surface area (Å²) in [6.07, 6.45) is 9.61. The second-order valence-electron chi connectivity index (χ2n) is 12.6. The smallest absolute Gasteiger partial charge is 0.319 e. The number of phenolic OH excluding ortho intramolecular Hbond substituents is 1. The normalized spacial score (nSPS) is 23.8. The first-order chi connectivity index (χ1) is 21.2. The molecule has 1 spiro atoms. The quantitative estimate of drug-likeness (QED) is 0.307. The largest absolute Gasteiger partial charge is 0.508 e. The number of phenols is 1. The maximum absolute atomic E-state index is 16.8. The molecule has 0 amide bonds. The molecule has 2 saturated heterocycles. The molecule has 2 atom stereocenters. The van der Waals surface area contributed by atoms with E-state index in [-0.39, 0.29) is 57.5 Å². The van der Waals surface area contributed by atoms with Gasteiger partial charge in [0.25, 0.3) is 0 Å². The Morgan fingerprint density at radius 3 is 2.75 bits per heavy atom. The SMILES string of the molecule is C#Cc1c(F)ccc2cc(O)cc(-c3nc4c5c(nc(OC[C@@]67CCCN6C[C@H](F)C7)nc5c3F)N(C)C3(CCC3)CO4)c12. The van der Waals surface area contributed by atoms with Gasteiger partial charge in [-0.1, -0.05) is 12.0 Å². The van der Waals surface area contributed by atoms with E-state index in [0.29, 0.717) is 36.2 Å². The van der Waals surface area contributed by atoms with Gasteiger partial charge in [0.15, 0.2) is 5.82 Å². The number of halogens is 3. The number of aromatic hydroxyl groups is 1. The van der Waals surface area contributed by atoms with E-state index in [4.69, 9.17) is 20.9 Å². The molecule has 4 aliphatic rings. The maximum atomic E-state index is 16.8. The molecule has 2 aromatic heterocycles. The Balaban J connectivity index is 1.33. The molecule has 226 valence electrons.